The predicted octanol–water partition coefficient (Wildman–Crippen LogP) is 4.15. The van der Waals surface area contributed by atoms with E-state index in [2.05, 4.69) is 11.9 Å². The number of benzene rings is 1. The van der Waals surface area contributed by atoms with Crippen LogP contribution in [-0.4, -0.2) is 34.0 Å². The van der Waals surface area contributed by atoms with E-state index in [9.17, 15) is 10.2 Å². The van der Waals surface area contributed by atoms with Crippen LogP contribution in [0.25, 0.3) is 0 Å². The van der Waals surface area contributed by atoms with Gasteiger partial charge in [0.25, 0.3) is 0 Å². The van der Waals surface area contributed by atoms with Crippen LogP contribution in [-0.2, 0) is 17.8 Å². The maximum absolute atomic E-state index is 10.6. The number of thiazole rings is 1. The van der Waals surface area contributed by atoms with Crippen molar-refractivity contribution in [1.29, 1.82) is 0 Å². The van der Waals surface area contributed by atoms with Gasteiger partial charge < -0.3 is 19.7 Å². The van der Waals surface area contributed by atoms with Crippen molar-refractivity contribution < 1.29 is 19.7 Å². The molecule has 1 aromatic heterocycles. The summed E-state index contributed by atoms with van der Waals surface area (Å²) in [5, 5.41) is 23.3. The lowest BCUT2D eigenvalue weighted by Crippen LogP contribution is -2.33. The number of hydrogen-bond donors (Lipinski definition) is 2. The van der Waals surface area contributed by atoms with Crippen LogP contribution < -0.4 is 4.74 Å². The van der Waals surface area contributed by atoms with Gasteiger partial charge in [0.15, 0.2) is 0 Å². The van der Waals surface area contributed by atoms with Gasteiger partial charge in [-0.3, -0.25) is 0 Å². The van der Waals surface area contributed by atoms with E-state index in [0.717, 1.165) is 40.6 Å². The van der Waals surface area contributed by atoms with Crippen LogP contribution >= 0.6 is 22.9 Å². The largest absolute Gasteiger partial charge is 0.493 e. The summed E-state index contributed by atoms with van der Waals surface area (Å²) in [6, 6.07) is 5.79. The lowest BCUT2D eigenvalue weighted by molar-refractivity contribution is -0.0812. The molecule has 152 valence electrons. The zero-order valence-corrected chi connectivity index (χ0v) is 17.5. The fourth-order valence-corrected chi connectivity index (χ4v) is 5.57. The predicted molar refractivity (Wildman–Crippen MR) is 109 cm³/mol. The summed E-state index contributed by atoms with van der Waals surface area (Å²) >= 11 is 7.81. The van der Waals surface area contributed by atoms with Crippen molar-refractivity contribution in [3.63, 3.8) is 0 Å². The molecule has 7 heteroatoms. The van der Waals surface area contributed by atoms with Crippen molar-refractivity contribution in [2.75, 3.05) is 6.61 Å². The fourth-order valence-electron chi connectivity index (χ4n) is 4.38. The molecule has 1 saturated carbocycles. The van der Waals surface area contributed by atoms with E-state index in [4.69, 9.17) is 21.1 Å². The molecule has 5 nitrogen and oxygen atoms in total. The molecule has 2 heterocycles. The maximum Gasteiger partial charge on any atom is 0.122 e. The minimum Gasteiger partial charge on any atom is -0.493 e. The summed E-state index contributed by atoms with van der Waals surface area (Å²) in [5.74, 6) is 1.08. The summed E-state index contributed by atoms with van der Waals surface area (Å²) < 4.78 is 12.3. The van der Waals surface area contributed by atoms with E-state index >= 15 is 0 Å². The van der Waals surface area contributed by atoms with Gasteiger partial charge in [-0.1, -0.05) is 24.6 Å². The summed E-state index contributed by atoms with van der Waals surface area (Å²) in [5.41, 5.74) is 1.80. The normalized spacial score (nSPS) is 29.6. The van der Waals surface area contributed by atoms with Gasteiger partial charge in [-0.05, 0) is 42.9 Å². The third-order valence-corrected chi connectivity index (χ3v) is 7.29. The fraction of sp³-hybridized carbons (Fsp3) is 0.571. The molecule has 5 atom stereocenters. The van der Waals surface area contributed by atoms with Crippen LogP contribution in [0.5, 0.6) is 5.75 Å². The number of hydrogen-bond acceptors (Lipinski definition) is 6. The first-order valence-electron chi connectivity index (χ1n) is 9.89. The molecule has 1 saturated heterocycles. The van der Waals surface area contributed by atoms with E-state index in [0.29, 0.717) is 18.7 Å². The van der Waals surface area contributed by atoms with Crippen LogP contribution in [0.4, 0.5) is 0 Å². The number of aliphatic hydroxyl groups is 2. The molecular weight excluding hydrogens is 398 g/mol. The molecule has 2 N–H and O–H groups in total. The Morgan fingerprint density at radius 3 is 2.93 bits per heavy atom. The first-order chi connectivity index (χ1) is 13.6. The average Bonchev–Trinajstić information content (AvgIpc) is 3.29. The van der Waals surface area contributed by atoms with Gasteiger partial charge in [-0.25, -0.2) is 4.98 Å². The minimum atomic E-state index is -0.427. The zero-order chi connectivity index (χ0) is 19.7. The van der Waals surface area contributed by atoms with Crippen molar-refractivity contribution in [3.8, 4) is 5.75 Å². The quantitative estimate of drug-likeness (QED) is 0.730. The van der Waals surface area contributed by atoms with Gasteiger partial charge in [0.2, 0.25) is 0 Å². The molecule has 2 fully saturated rings. The Labute approximate surface area is 174 Å². The molecule has 0 bridgehead atoms. The Hall–Kier alpha value is -1.18. The van der Waals surface area contributed by atoms with Gasteiger partial charge in [0.1, 0.15) is 16.9 Å². The molecule has 0 spiro atoms. The number of aliphatic hydroxyl groups excluding tert-OH is 2. The molecule has 0 unspecified atom stereocenters. The number of halogens is 1. The summed E-state index contributed by atoms with van der Waals surface area (Å²) in [6.45, 7) is 2.49. The number of ether oxygens (including phenoxy) is 2. The highest BCUT2D eigenvalue weighted by Crippen LogP contribution is 2.46. The topological polar surface area (TPSA) is 71.8 Å². The maximum atomic E-state index is 10.6. The minimum absolute atomic E-state index is 0.0230. The van der Waals surface area contributed by atoms with E-state index < -0.39 is 6.10 Å². The van der Waals surface area contributed by atoms with Crippen molar-refractivity contribution >= 4 is 22.9 Å². The summed E-state index contributed by atoms with van der Waals surface area (Å²) in [7, 11) is 0. The SMILES string of the molecule is CCc1ccc(OC[C@@H]2[C@H]3CC[C@H](c4nc(CO)cs4)O[C@H]3C[C@@H]2O)cc1Cl. The van der Waals surface area contributed by atoms with E-state index in [1.54, 1.807) is 0 Å². The summed E-state index contributed by atoms with van der Waals surface area (Å²) in [4.78, 5) is 4.45. The number of fused-ring (bicyclic) bond motifs is 1. The highest BCUT2D eigenvalue weighted by molar-refractivity contribution is 7.09. The zero-order valence-electron chi connectivity index (χ0n) is 15.9. The van der Waals surface area contributed by atoms with E-state index in [-0.39, 0.29) is 30.7 Å². The second-order valence-corrected chi connectivity index (χ2v) is 8.92. The van der Waals surface area contributed by atoms with Crippen LogP contribution in [0.15, 0.2) is 23.6 Å². The van der Waals surface area contributed by atoms with Crippen molar-refractivity contribution in [2.24, 2.45) is 11.8 Å². The third kappa shape index (κ3) is 4.07. The monoisotopic (exact) mass is 423 g/mol. The van der Waals surface area contributed by atoms with Gasteiger partial charge in [-0.2, -0.15) is 0 Å². The Balaban J connectivity index is 1.37. The standard InChI is InChI=1S/C21H26ClNO4S/c1-2-12-3-4-14(7-17(12)22)26-10-16-15-5-6-19(27-20(15)8-18(16)25)21-23-13(9-24)11-28-21/h3-4,7,11,15-16,18-20,24-25H,2,5-6,8-10H2,1H3/t15-,16-,18+,19-,20+/m1/s1. The molecule has 4 rings (SSSR count). The molecule has 1 aromatic carbocycles. The van der Waals surface area contributed by atoms with Gasteiger partial charge in [0, 0.05) is 22.7 Å². The molecule has 0 radical (unpaired) electrons. The van der Waals surface area contributed by atoms with E-state index in [1.165, 1.54) is 11.3 Å². The molecule has 28 heavy (non-hydrogen) atoms. The van der Waals surface area contributed by atoms with Crippen LogP contribution in [0, 0.1) is 11.8 Å². The smallest absolute Gasteiger partial charge is 0.122 e. The van der Waals surface area contributed by atoms with Crippen molar-refractivity contribution in [2.45, 2.75) is 57.5 Å². The highest BCUT2D eigenvalue weighted by Gasteiger charge is 2.47. The Morgan fingerprint density at radius 2 is 2.21 bits per heavy atom. The lowest BCUT2D eigenvalue weighted by atomic mass is 9.87. The Morgan fingerprint density at radius 1 is 1.36 bits per heavy atom. The Bertz CT molecular complexity index is 813. The molecule has 2 aromatic rings. The van der Waals surface area contributed by atoms with Crippen LogP contribution in [0.2, 0.25) is 5.02 Å². The number of nitrogens with zero attached hydrogens (tertiary/aromatic N) is 1. The van der Waals surface area contributed by atoms with Gasteiger partial charge >= 0.3 is 0 Å². The summed E-state index contributed by atoms with van der Waals surface area (Å²) in [6.07, 6.45) is 2.92. The van der Waals surface area contributed by atoms with Gasteiger partial charge in [0.05, 0.1) is 31.1 Å². The second-order valence-electron chi connectivity index (χ2n) is 7.62. The molecule has 1 aliphatic carbocycles. The molecule has 0 amide bonds. The van der Waals surface area contributed by atoms with Gasteiger partial charge in [-0.15, -0.1) is 11.3 Å². The van der Waals surface area contributed by atoms with E-state index in [1.807, 2.05) is 23.6 Å². The van der Waals surface area contributed by atoms with Crippen molar-refractivity contribution in [3.05, 3.63) is 44.9 Å². The van der Waals surface area contributed by atoms with Crippen LogP contribution in [0.1, 0.15) is 48.6 Å². The lowest BCUT2D eigenvalue weighted by Gasteiger charge is -2.33. The van der Waals surface area contributed by atoms with Crippen LogP contribution in [0.3, 0.4) is 0 Å². The third-order valence-electron chi connectivity index (χ3n) is 5.95. The van der Waals surface area contributed by atoms with Crippen molar-refractivity contribution in [1.82, 2.24) is 4.98 Å². The molecule has 2 aliphatic rings. The second kappa shape index (κ2) is 8.67. The first kappa shape index (κ1) is 20.1. The number of rotatable bonds is 6. The molecular formula is C21H26ClNO4S. The highest BCUT2D eigenvalue weighted by atomic mass is 35.5. The number of aromatic nitrogens is 1. The average molecular weight is 424 g/mol. The number of aryl methyl sites for hydroxylation is 1. The molecule has 1 aliphatic heterocycles. The first-order valence-corrected chi connectivity index (χ1v) is 11.1. The Kier molecular flexibility index (Phi) is 6.23.